The van der Waals surface area contributed by atoms with Crippen molar-refractivity contribution >= 4 is 17.6 Å². The van der Waals surface area contributed by atoms with Crippen molar-refractivity contribution in [1.82, 2.24) is 0 Å². The number of amides is 1. The van der Waals surface area contributed by atoms with Gasteiger partial charge >= 0.3 is 5.97 Å². The summed E-state index contributed by atoms with van der Waals surface area (Å²) in [6.45, 7) is 2.82. The summed E-state index contributed by atoms with van der Waals surface area (Å²) in [6, 6.07) is 5.41. The first-order chi connectivity index (χ1) is 8.54. The number of hydrogen-bond acceptors (Lipinski definition) is 4. The van der Waals surface area contributed by atoms with Crippen LogP contribution in [0.1, 0.15) is 25.8 Å². The quantitative estimate of drug-likeness (QED) is 0.812. The molecular weight excluding hydrogens is 234 g/mol. The fourth-order valence-corrected chi connectivity index (χ4v) is 1.91. The highest BCUT2D eigenvalue weighted by Gasteiger charge is 2.22. The van der Waals surface area contributed by atoms with Gasteiger partial charge in [-0.05, 0) is 30.2 Å². The highest BCUT2D eigenvalue weighted by atomic mass is 16.7. The van der Waals surface area contributed by atoms with Crippen molar-refractivity contribution in [1.29, 1.82) is 0 Å². The number of benzene rings is 1. The molecule has 1 heterocycles. The zero-order valence-electron chi connectivity index (χ0n) is 10.4. The summed E-state index contributed by atoms with van der Waals surface area (Å²) in [5, 5.41) is 2.72. The Balaban J connectivity index is 2.10. The second-order valence-electron chi connectivity index (χ2n) is 4.20. The maximum atomic E-state index is 11.0. The van der Waals surface area contributed by atoms with Crippen LogP contribution in [0.15, 0.2) is 18.2 Å². The topological polar surface area (TPSA) is 64.6 Å². The number of esters is 1. The van der Waals surface area contributed by atoms with Gasteiger partial charge in [-0.3, -0.25) is 9.59 Å². The number of nitrogens with one attached hydrogen (secondary N) is 1. The summed E-state index contributed by atoms with van der Waals surface area (Å²) in [5.41, 5.74) is 1.75. The third-order valence-electron chi connectivity index (χ3n) is 2.59. The number of ether oxygens (including phenoxy) is 2. The van der Waals surface area contributed by atoms with E-state index in [1.54, 1.807) is 12.1 Å². The first-order valence-corrected chi connectivity index (χ1v) is 5.79. The SMILES string of the molecule is CC(=O)Nc1ccc2c(c1)CCC(OC(C)=O)O2. The van der Waals surface area contributed by atoms with Crippen molar-refractivity contribution in [2.24, 2.45) is 0 Å². The van der Waals surface area contributed by atoms with E-state index in [4.69, 9.17) is 9.47 Å². The lowest BCUT2D eigenvalue weighted by Gasteiger charge is -2.25. The van der Waals surface area contributed by atoms with Crippen LogP contribution in [0, 0.1) is 0 Å². The molecule has 5 nitrogen and oxygen atoms in total. The number of anilines is 1. The molecule has 0 radical (unpaired) electrons. The number of aryl methyl sites for hydroxylation is 1. The molecule has 2 rings (SSSR count). The molecule has 0 aliphatic carbocycles. The largest absolute Gasteiger partial charge is 0.454 e. The maximum Gasteiger partial charge on any atom is 0.305 e. The van der Waals surface area contributed by atoms with E-state index in [9.17, 15) is 9.59 Å². The van der Waals surface area contributed by atoms with Gasteiger partial charge in [-0.25, -0.2) is 0 Å². The molecule has 0 spiro atoms. The summed E-state index contributed by atoms with van der Waals surface area (Å²) >= 11 is 0. The van der Waals surface area contributed by atoms with Crippen LogP contribution in [-0.2, 0) is 20.7 Å². The minimum atomic E-state index is -0.512. The number of rotatable bonds is 2. The van der Waals surface area contributed by atoms with E-state index in [1.165, 1.54) is 13.8 Å². The predicted molar refractivity (Wildman–Crippen MR) is 65.2 cm³/mol. The summed E-state index contributed by atoms with van der Waals surface area (Å²) in [4.78, 5) is 21.8. The second-order valence-corrected chi connectivity index (χ2v) is 4.20. The Hall–Kier alpha value is -2.04. The molecule has 5 heteroatoms. The van der Waals surface area contributed by atoms with E-state index >= 15 is 0 Å². The Bertz CT molecular complexity index is 484. The first-order valence-electron chi connectivity index (χ1n) is 5.79. The van der Waals surface area contributed by atoms with Crippen LogP contribution in [0.25, 0.3) is 0 Å². The average molecular weight is 249 g/mol. The van der Waals surface area contributed by atoms with Crippen LogP contribution in [0.5, 0.6) is 5.75 Å². The van der Waals surface area contributed by atoms with E-state index in [0.717, 1.165) is 17.7 Å². The molecule has 0 aromatic heterocycles. The van der Waals surface area contributed by atoms with E-state index in [-0.39, 0.29) is 11.9 Å². The van der Waals surface area contributed by atoms with E-state index < -0.39 is 6.29 Å². The van der Waals surface area contributed by atoms with Crippen molar-refractivity contribution in [2.75, 3.05) is 5.32 Å². The molecule has 1 aromatic rings. The van der Waals surface area contributed by atoms with E-state index in [2.05, 4.69) is 5.32 Å². The average Bonchev–Trinajstić information content (AvgIpc) is 2.27. The number of carbonyl (C=O) groups is 2. The fourth-order valence-electron chi connectivity index (χ4n) is 1.91. The minimum Gasteiger partial charge on any atom is -0.454 e. The summed E-state index contributed by atoms with van der Waals surface area (Å²) in [7, 11) is 0. The van der Waals surface area contributed by atoms with Crippen molar-refractivity contribution in [2.45, 2.75) is 33.0 Å². The number of fused-ring (bicyclic) bond motifs is 1. The Morgan fingerprint density at radius 2 is 2.17 bits per heavy atom. The zero-order chi connectivity index (χ0) is 13.1. The molecule has 0 bridgehead atoms. The van der Waals surface area contributed by atoms with Gasteiger partial charge in [0.05, 0.1) is 0 Å². The van der Waals surface area contributed by atoms with Gasteiger partial charge in [-0.2, -0.15) is 0 Å². The molecule has 1 aromatic carbocycles. The van der Waals surface area contributed by atoms with Crippen LogP contribution >= 0.6 is 0 Å². The molecule has 18 heavy (non-hydrogen) atoms. The molecular formula is C13H15NO4. The molecule has 1 amide bonds. The van der Waals surface area contributed by atoms with E-state index in [1.807, 2.05) is 6.07 Å². The lowest BCUT2D eigenvalue weighted by molar-refractivity contribution is -0.162. The van der Waals surface area contributed by atoms with Gasteiger partial charge < -0.3 is 14.8 Å². The lowest BCUT2D eigenvalue weighted by atomic mass is 10.0. The number of carbonyl (C=O) groups excluding carboxylic acids is 2. The highest BCUT2D eigenvalue weighted by molar-refractivity contribution is 5.88. The molecule has 1 N–H and O–H groups in total. The molecule has 1 unspecified atom stereocenters. The van der Waals surface area contributed by atoms with Crippen molar-refractivity contribution in [3.8, 4) is 5.75 Å². The predicted octanol–water partition coefficient (Wildman–Crippen LogP) is 1.86. The van der Waals surface area contributed by atoms with E-state index in [0.29, 0.717) is 12.2 Å². The Morgan fingerprint density at radius 3 is 2.83 bits per heavy atom. The highest BCUT2D eigenvalue weighted by Crippen LogP contribution is 2.30. The van der Waals surface area contributed by atoms with Gasteiger partial charge in [0.2, 0.25) is 12.2 Å². The van der Waals surface area contributed by atoms with Gasteiger partial charge in [0.1, 0.15) is 5.75 Å². The molecule has 96 valence electrons. The normalized spacial score (nSPS) is 17.3. The van der Waals surface area contributed by atoms with Gasteiger partial charge in [0, 0.05) is 26.0 Å². The molecule has 1 aliphatic rings. The van der Waals surface area contributed by atoms with Crippen LogP contribution in [0.3, 0.4) is 0 Å². The van der Waals surface area contributed by atoms with Gasteiger partial charge in [0.15, 0.2) is 0 Å². The molecule has 1 atom stereocenters. The first kappa shape index (κ1) is 12.4. The third-order valence-corrected chi connectivity index (χ3v) is 2.59. The second kappa shape index (κ2) is 5.08. The Morgan fingerprint density at radius 1 is 1.39 bits per heavy atom. The van der Waals surface area contributed by atoms with Crippen LogP contribution in [0.4, 0.5) is 5.69 Å². The molecule has 0 fully saturated rings. The molecule has 0 saturated heterocycles. The number of hydrogen-bond donors (Lipinski definition) is 1. The van der Waals surface area contributed by atoms with Crippen LogP contribution in [0.2, 0.25) is 0 Å². The van der Waals surface area contributed by atoms with Crippen LogP contribution < -0.4 is 10.1 Å². The maximum absolute atomic E-state index is 11.0. The summed E-state index contributed by atoms with van der Waals surface area (Å²) in [5.74, 6) is 0.240. The summed E-state index contributed by atoms with van der Waals surface area (Å²) in [6.07, 6.45) is 0.859. The van der Waals surface area contributed by atoms with Crippen LogP contribution in [-0.4, -0.2) is 18.2 Å². The summed E-state index contributed by atoms with van der Waals surface area (Å²) < 4.78 is 10.6. The lowest BCUT2D eigenvalue weighted by Crippen LogP contribution is -2.27. The zero-order valence-corrected chi connectivity index (χ0v) is 10.4. The molecule has 0 saturated carbocycles. The Kier molecular flexibility index (Phi) is 3.50. The van der Waals surface area contributed by atoms with Crippen molar-refractivity contribution in [3.63, 3.8) is 0 Å². The smallest absolute Gasteiger partial charge is 0.305 e. The Labute approximate surface area is 105 Å². The van der Waals surface area contributed by atoms with Crippen molar-refractivity contribution < 1.29 is 19.1 Å². The standard InChI is InChI=1S/C13H15NO4/c1-8(15)14-11-4-5-12-10(7-11)3-6-13(18-12)17-9(2)16/h4-5,7,13H,3,6H2,1-2H3,(H,14,15). The monoisotopic (exact) mass is 249 g/mol. The third kappa shape index (κ3) is 3.00. The molecule has 1 aliphatic heterocycles. The van der Waals surface area contributed by atoms with Gasteiger partial charge in [-0.15, -0.1) is 0 Å². The van der Waals surface area contributed by atoms with Gasteiger partial charge in [0.25, 0.3) is 0 Å². The van der Waals surface area contributed by atoms with Gasteiger partial charge in [-0.1, -0.05) is 0 Å². The minimum absolute atomic E-state index is 0.107. The fraction of sp³-hybridized carbons (Fsp3) is 0.385. The van der Waals surface area contributed by atoms with Crippen molar-refractivity contribution in [3.05, 3.63) is 23.8 Å².